The minimum absolute atomic E-state index is 0.0593. The molecular weight excluding hydrogens is 326 g/mol. The van der Waals surface area contributed by atoms with Crippen molar-refractivity contribution < 1.29 is 9.90 Å². The molecule has 1 heterocycles. The first kappa shape index (κ1) is 17.3. The lowest BCUT2D eigenvalue weighted by molar-refractivity contribution is 0.154. The van der Waals surface area contributed by atoms with Gasteiger partial charge in [-0.05, 0) is 47.5 Å². The molecule has 0 radical (unpaired) electrons. The fourth-order valence-electron chi connectivity index (χ4n) is 4.23. The van der Waals surface area contributed by atoms with Gasteiger partial charge in [0.05, 0.1) is 24.7 Å². The van der Waals surface area contributed by atoms with Crippen LogP contribution in [0.1, 0.15) is 33.1 Å². The highest BCUT2D eigenvalue weighted by atomic mass is 16.3. The van der Waals surface area contributed by atoms with Gasteiger partial charge in [-0.2, -0.15) is 0 Å². The Kier molecular flexibility index (Phi) is 4.59. The van der Waals surface area contributed by atoms with Crippen LogP contribution in [-0.2, 0) is 0 Å². The lowest BCUT2D eigenvalue weighted by atomic mass is 9.85. The minimum Gasteiger partial charge on any atom is -0.394 e. The summed E-state index contributed by atoms with van der Waals surface area (Å²) in [5.41, 5.74) is 8.43. The van der Waals surface area contributed by atoms with Crippen LogP contribution in [-0.4, -0.2) is 40.9 Å². The van der Waals surface area contributed by atoms with Crippen molar-refractivity contribution in [2.75, 3.05) is 6.61 Å². The molecule has 0 aromatic carbocycles. The van der Waals surface area contributed by atoms with E-state index in [1.807, 2.05) is 13.8 Å². The molecule has 138 valence electrons. The maximum Gasteiger partial charge on any atom is 0.332 e. The van der Waals surface area contributed by atoms with Gasteiger partial charge in [0, 0.05) is 0 Å². The number of fused-ring (bicyclic) bond motifs is 1. The van der Waals surface area contributed by atoms with Crippen molar-refractivity contribution in [1.29, 1.82) is 0 Å². The molecular formula is C21H27N3O2. The van der Waals surface area contributed by atoms with Crippen molar-refractivity contribution in [2.45, 2.75) is 51.2 Å². The predicted octanol–water partition coefficient (Wildman–Crippen LogP) is 2.74. The number of amides is 2. The Morgan fingerprint density at radius 2 is 2.15 bits per heavy atom. The van der Waals surface area contributed by atoms with E-state index in [2.05, 4.69) is 47.2 Å². The van der Waals surface area contributed by atoms with Crippen LogP contribution in [0.5, 0.6) is 0 Å². The molecule has 4 aliphatic rings. The van der Waals surface area contributed by atoms with E-state index in [1.165, 1.54) is 22.3 Å². The molecule has 5 heteroatoms. The van der Waals surface area contributed by atoms with Crippen molar-refractivity contribution in [1.82, 2.24) is 15.8 Å². The number of aliphatic hydroxyl groups is 1. The molecule has 1 saturated heterocycles. The summed E-state index contributed by atoms with van der Waals surface area (Å²) in [6.45, 7) is 3.95. The van der Waals surface area contributed by atoms with Gasteiger partial charge in [0.15, 0.2) is 0 Å². The number of hydrogen-bond acceptors (Lipinski definition) is 3. The van der Waals surface area contributed by atoms with Crippen LogP contribution in [0.25, 0.3) is 0 Å². The first-order valence-electron chi connectivity index (χ1n) is 9.55. The number of aliphatic hydroxyl groups excluding tert-OH is 1. The molecule has 5 nitrogen and oxygen atoms in total. The number of hydrogen-bond donors (Lipinski definition) is 3. The molecule has 2 amide bonds. The SMILES string of the molecule is CC(C)C(CO)NC(=O)N1NC2CC=CC3=C2C1C1=C(C=C3)CCC=C1. The van der Waals surface area contributed by atoms with Gasteiger partial charge >= 0.3 is 6.03 Å². The topological polar surface area (TPSA) is 64.6 Å². The summed E-state index contributed by atoms with van der Waals surface area (Å²) < 4.78 is 0. The van der Waals surface area contributed by atoms with Crippen molar-refractivity contribution in [2.24, 2.45) is 5.92 Å². The zero-order valence-electron chi connectivity index (χ0n) is 15.4. The molecule has 3 atom stereocenters. The van der Waals surface area contributed by atoms with Crippen molar-refractivity contribution in [3.8, 4) is 0 Å². The van der Waals surface area contributed by atoms with E-state index in [9.17, 15) is 9.90 Å². The minimum atomic E-state index is -0.252. The number of nitrogens with zero attached hydrogens (tertiary/aromatic N) is 1. The molecule has 0 spiro atoms. The number of urea groups is 1. The molecule has 0 aromatic heterocycles. The zero-order valence-corrected chi connectivity index (χ0v) is 15.4. The fourth-order valence-corrected chi connectivity index (χ4v) is 4.23. The largest absolute Gasteiger partial charge is 0.394 e. The third-order valence-corrected chi connectivity index (χ3v) is 5.76. The van der Waals surface area contributed by atoms with Gasteiger partial charge in [-0.3, -0.25) is 0 Å². The summed E-state index contributed by atoms with van der Waals surface area (Å²) >= 11 is 0. The van der Waals surface area contributed by atoms with Crippen LogP contribution >= 0.6 is 0 Å². The van der Waals surface area contributed by atoms with E-state index in [0.717, 1.165) is 19.3 Å². The molecule has 0 saturated carbocycles. The van der Waals surface area contributed by atoms with Crippen LogP contribution < -0.4 is 10.7 Å². The van der Waals surface area contributed by atoms with Gasteiger partial charge in [-0.1, -0.05) is 50.3 Å². The fraction of sp³-hybridized carbons (Fsp3) is 0.476. The number of rotatable bonds is 3. The highest BCUT2D eigenvalue weighted by molar-refractivity contribution is 5.77. The van der Waals surface area contributed by atoms with Gasteiger partial charge in [-0.25, -0.2) is 15.2 Å². The average molecular weight is 353 g/mol. The lowest BCUT2D eigenvalue weighted by Crippen LogP contribution is -2.54. The maximum absolute atomic E-state index is 13.1. The van der Waals surface area contributed by atoms with Crippen LogP contribution in [0.4, 0.5) is 4.79 Å². The summed E-state index contributed by atoms with van der Waals surface area (Å²) in [6, 6.07) is -0.369. The Morgan fingerprint density at radius 1 is 1.31 bits per heavy atom. The van der Waals surface area contributed by atoms with E-state index < -0.39 is 0 Å². The monoisotopic (exact) mass is 353 g/mol. The van der Waals surface area contributed by atoms with E-state index in [0.29, 0.717) is 0 Å². The Balaban J connectivity index is 1.70. The summed E-state index contributed by atoms with van der Waals surface area (Å²) in [5, 5.41) is 14.3. The average Bonchev–Trinajstić information content (AvgIpc) is 2.95. The summed E-state index contributed by atoms with van der Waals surface area (Å²) in [4.78, 5) is 13.1. The molecule has 0 bridgehead atoms. The number of carbonyl (C=O) groups excluding carboxylic acids is 1. The van der Waals surface area contributed by atoms with Crippen molar-refractivity contribution >= 4 is 6.03 Å². The number of hydrazine groups is 1. The van der Waals surface area contributed by atoms with E-state index in [-0.39, 0.29) is 36.7 Å². The third-order valence-electron chi connectivity index (χ3n) is 5.76. The van der Waals surface area contributed by atoms with Crippen LogP contribution in [0.15, 0.2) is 58.7 Å². The summed E-state index contributed by atoms with van der Waals surface area (Å²) in [7, 11) is 0. The first-order chi connectivity index (χ1) is 12.6. The smallest absolute Gasteiger partial charge is 0.332 e. The van der Waals surface area contributed by atoms with Crippen LogP contribution in [0.3, 0.4) is 0 Å². The van der Waals surface area contributed by atoms with E-state index in [1.54, 1.807) is 5.01 Å². The Morgan fingerprint density at radius 3 is 2.92 bits per heavy atom. The van der Waals surface area contributed by atoms with E-state index >= 15 is 0 Å². The normalized spacial score (nSPS) is 27.6. The van der Waals surface area contributed by atoms with Gasteiger partial charge in [0.25, 0.3) is 0 Å². The Bertz CT molecular complexity index is 757. The molecule has 4 rings (SSSR count). The quantitative estimate of drug-likeness (QED) is 0.731. The molecule has 3 unspecified atom stereocenters. The summed E-state index contributed by atoms with van der Waals surface area (Å²) in [5.74, 6) is 0.172. The molecule has 1 aliphatic heterocycles. The molecule has 3 N–H and O–H groups in total. The van der Waals surface area contributed by atoms with Crippen molar-refractivity contribution in [3.63, 3.8) is 0 Å². The number of carbonyl (C=O) groups is 1. The van der Waals surface area contributed by atoms with Crippen LogP contribution in [0.2, 0.25) is 0 Å². The molecule has 1 fully saturated rings. The van der Waals surface area contributed by atoms with Crippen molar-refractivity contribution in [3.05, 3.63) is 58.7 Å². The van der Waals surface area contributed by atoms with Gasteiger partial charge in [0.2, 0.25) is 0 Å². The molecule has 0 aromatic rings. The highest BCUT2D eigenvalue weighted by Crippen LogP contribution is 2.40. The Hall–Kier alpha value is -2.11. The standard InChI is InChI=1S/C21H27N3O2/c1-13(2)18(12-25)22-21(26)24-20-16-8-4-3-6-14(16)10-11-15-7-5-9-17(23-24)19(15)20/h4-5,7-8,10-11,13,17-18,20,23,25H,3,6,9,12H2,1-2H3,(H,22,26). The highest BCUT2D eigenvalue weighted by Gasteiger charge is 2.44. The zero-order chi connectivity index (χ0) is 18.3. The second-order valence-corrected chi connectivity index (χ2v) is 7.74. The molecule has 26 heavy (non-hydrogen) atoms. The Labute approximate surface area is 154 Å². The van der Waals surface area contributed by atoms with Gasteiger partial charge < -0.3 is 10.4 Å². The first-order valence-corrected chi connectivity index (χ1v) is 9.55. The second kappa shape index (κ2) is 6.89. The van der Waals surface area contributed by atoms with E-state index in [4.69, 9.17) is 0 Å². The predicted molar refractivity (Wildman–Crippen MR) is 102 cm³/mol. The number of nitrogens with one attached hydrogen (secondary N) is 2. The van der Waals surface area contributed by atoms with Crippen LogP contribution in [0, 0.1) is 5.92 Å². The number of allylic oxidation sites excluding steroid dienone is 6. The second-order valence-electron chi connectivity index (χ2n) is 7.74. The van der Waals surface area contributed by atoms with Gasteiger partial charge in [-0.15, -0.1) is 0 Å². The van der Waals surface area contributed by atoms with Gasteiger partial charge in [0.1, 0.15) is 0 Å². The summed E-state index contributed by atoms with van der Waals surface area (Å²) in [6.07, 6.45) is 16.1. The third kappa shape index (κ3) is 2.85. The maximum atomic E-state index is 13.1. The molecule has 3 aliphatic carbocycles. The lowest BCUT2D eigenvalue weighted by Gasteiger charge is -2.30.